The van der Waals surface area contributed by atoms with E-state index in [2.05, 4.69) is 20.6 Å². The number of para-hydroxylation sites is 2. The number of hydrogen-bond acceptors (Lipinski definition) is 3. The lowest BCUT2D eigenvalue weighted by molar-refractivity contribution is -0.118. The Kier molecular flexibility index (Phi) is 5.33. The number of aromatic nitrogens is 2. The molecule has 6 nitrogen and oxygen atoms in total. The summed E-state index contributed by atoms with van der Waals surface area (Å²) in [7, 11) is 0. The third kappa shape index (κ3) is 4.32. The Morgan fingerprint density at radius 2 is 1.76 bits per heavy atom. The molecular weight excluding hydrogens is 364 g/mol. The predicted octanol–water partition coefficient (Wildman–Crippen LogP) is 3.54. The molecule has 1 atom stereocenters. The molecule has 0 saturated heterocycles. The maximum absolute atomic E-state index is 13.0. The third-order valence-electron chi connectivity index (χ3n) is 4.69. The molecule has 0 unspecified atom stereocenters. The average molecular weight is 384 g/mol. The first-order chi connectivity index (χ1) is 14.2. The van der Waals surface area contributed by atoms with Gasteiger partial charge < -0.3 is 15.6 Å². The van der Waals surface area contributed by atoms with Crippen LogP contribution in [0.2, 0.25) is 0 Å². The first kappa shape index (κ1) is 18.4. The zero-order valence-electron chi connectivity index (χ0n) is 15.6. The van der Waals surface area contributed by atoms with Gasteiger partial charge in [0.05, 0.1) is 5.56 Å². The SMILES string of the molecule is O=C(N[C@@H](Cc1c[nH]c2ccccc12)C(=O)Nc1ccccc1)c1cccnc1. The Hall–Kier alpha value is -3.93. The number of anilines is 1. The van der Waals surface area contributed by atoms with Gasteiger partial charge >= 0.3 is 0 Å². The van der Waals surface area contributed by atoms with Crippen molar-refractivity contribution in [1.29, 1.82) is 0 Å². The van der Waals surface area contributed by atoms with Crippen LogP contribution in [0.5, 0.6) is 0 Å². The summed E-state index contributed by atoms with van der Waals surface area (Å²) >= 11 is 0. The van der Waals surface area contributed by atoms with Crippen molar-refractivity contribution < 1.29 is 9.59 Å². The van der Waals surface area contributed by atoms with Crippen LogP contribution in [0.3, 0.4) is 0 Å². The fourth-order valence-electron chi connectivity index (χ4n) is 3.22. The molecule has 0 fully saturated rings. The number of H-pyrrole nitrogens is 1. The first-order valence-electron chi connectivity index (χ1n) is 9.32. The quantitative estimate of drug-likeness (QED) is 0.475. The highest BCUT2D eigenvalue weighted by Gasteiger charge is 2.23. The zero-order valence-corrected chi connectivity index (χ0v) is 15.6. The van der Waals surface area contributed by atoms with Gasteiger partial charge in [-0.2, -0.15) is 0 Å². The molecule has 144 valence electrons. The molecule has 0 aliphatic rings. The number of benzene rings is 2. The highest BCUT2D eigenvalue weighted by molar-refractivity contribution is 6.01. The highest BCUT2D eigenvalue weighted by atomic mass is 16.2. The second kappa shape index (κ2) is 8.39. The van der Waals surface area contributed by atoms with Crippen molar-refractivity contribution in [2.24, 2.45) is 0 Å². The van der Waals surface area contributed by atoms with E-state index in [-0.39, 0.29) is 11.8 Å². The third-order valence-corrected chi connectivity index (χ3v) is 4.69. The summed E-state index contributed by atoms with van der Waals surface area (Å²) < 4.78 is 0. The smallest absolute Gasteiger partial charge is 0.253 e. The van der Waals surface area contributed by atoms with E-state index >= 15 is 0 Å². The molecule has 0 saturated carbocycles. The molecule has 0 aliphatic heterocycles. The summed E-state index contributed by atoms with van der Waals surface area (Å²) in [6.07, 6.45) is 5.31. The largest absolute Gasteiger partial charge is 0.361 e. The first-order valence-corrected chi connectivity index (χ1v) is 9.32. The molecular formula is C23H20N4O2. The monoisotopic (exact) mass is 384 g/mol. The Labute approximate surface area is 168 Å². The normalized spacial score (nSPS) is 11.7. The van der Waals surface area contributed by atoms with Crippen molar-refractivity contribution in [2.45, 2.75) is 12.5 Å². The molecule has 0 aliphatic carbocycles. The molecule has 4 aromatic rings. The number of nitrogens with one attached hydrogen (secondary N) is 3. The van der Waals surface area contributed by atoms with Crippen LogP contribution in [0, 0.1) is 0 Å². The van der Waals surface area contributed by atoms with Crippen molar-refractivity contribution in [1.82, 2.24) is 15.3 Å². The lowest BCUT2D eigenvalue weighted by Crippen LogP contribution is -2.45. The van der Waals surface area contributed by atoms with E-state index in [1.807, 2.05) is 60.8 Å². The van der Waals surface area contributed by atoms with E-state index in [4.69, 9.17) is 0 Å². The van der Waals surface area contributed by atoms with Gasteiger partial charge in [0.2, 0.25) is 5.91 Å². The van der Waals surface area contributed by atoms with Crippen LogP contribution in [0.15, 0.2) is 85.3 Å². The summed E-state index contributed by atoms with van der Waals surface area (Å²) in [6.45, 7) is 0. The topological polar surface area (TPSA) is 86.9 Å². The molecule has 0 bridgehead atoms. The number of rotatable bonds is 6. The number of pyridine rings is 1. The Balaban J connectivity index is 1.59. The summed E-state index contributed by atoms with van der Waals surface area (Å²) in [5.74, 6) is -0.620. The van der Waals surface area contributed by atoms with Gasteiger partial charge in [0.15, 0.2) is 0 Å². The van der Waals surface area contributed by atoms with Crippen LogP contribution in [0.1, 0.15) is 15.9 Å². The number of hydrogen-bond donors (Lipinski definition) is 3. The maximum atomic E-state index is 13.0. The Bertz CT molecular complexity index is 1120. The van der Waals surface area contributed by atoms with Crippen molar-refractivity contribution in [3.63, 3.8) is 0 Å². The van der Waals surface area contributed by atoms with E-state index in [0.717, 1.165) is 16.5 Å². The highest BCUT2D eigenvalue weighted by Crippen LogP contribution is 2.20. The number of carbonyl (C=O) groups is 2. The van der Waals surface area contributed by atoms with Crippen molar-refractivity contribution in [3.8, 4) is 0 Å². The van der Waals surface area contributed by atoms with Crippen LogP contribution in [-0.2, 0) is 11.2 Å². The van der Waals surface area contributed by atoms with Gasteiger partial charge in [-0.15, -0.1) is 0 Å². The molecule has 2 aromatic heterocycles. The fraction of sp³-hybridized carbons (Fsp3) is 0.0870. The molecule has 2 amide bonds. The van der Waals surface area contributed by atoms with E-state index in [1.54, 1.807) is 18.3 Å². The Morgan fingerprint density at radius 1 is 0.966 bits per heavy atom. The lowest BCUT2D eigenvalue weighted by Gasteiger charge is -2.18. The maximum Gasteiger partial charge on any atom is 0.253 e. The summed E-state index contributed by atoms with van der Waals surface area (Å²) in [6, 6.07) is 19.7. The van der Waals surface area contributed by atoms with Gasteiger partial charge in [0, 0.05) is 41.6 Å². The molecule has 0 radical (unpaired) electrons. The number of fused-ring (bicyclic) bond motifs is 1. The standard InChI is InChI=1S/C23H20N4O2/c28-22(16-7-6-12-24-14-16)27-21(23(29)26-18-8-2-1-3-9-18)13-17-15-25-20-11-5-4-10-19(17)20/h1-12,14-15,21,25H,13H2,(H,26,29)(H,27,28)/t21-/m0/s1. The van der Waals surface area contributed by atoms with Crippen molar-refractivity contribution in [2.75, 3.05) is 5.32 Å². The molecule has 2 heterocycles. The minimum Gasteiger partial charge on any atom is -0.361 e. The molecule has 6 heteroatoms. The average Bonchev–Trinajstić information content (AvgIpc) is 3.17. The minimum absolute atomic E-state index is 0.279. The second-order valence-corrected chi connectivity index (χ2v) is 6.69. The van der Waals surface area contributed by atoms with Crippen LogP contribution >= 0.6 is 0 Å². The summed E-state index contributed by atoms with van der Waals surface area (Å²) in [5, 5.41) is 6.76. The van der Waals surface area contributed by atoms with E-state index < -0.39 is 6.04 Å². The predicted molar refractivity (Wildman–Crippen MR) is 113 cm³/mol. The number of amides is 2. The lowest BCUT2D eigenvalue weighted by atomic mass is 10.0. The molecule has 29 heavy (non-hydrogen) atoms. The fourth-order valence-corrected chi connectivity index (χ4v) is 3.22. The van der Waals surface area contributed by atoms with E-state index in [9.17, 15) is 9.59 Å². The molecule has 3 N–H and O–H groups in total. The van der Waals surface area contributed by atoms with Crippen LogP contribution in [-0.4, -0.2) is 27.8 Å². The van der Waals surface area contributed by atoms with E-state index in [0.29, 0.717) is 17.7 Å². The van der Waals surface area contributed by atoms with Gasteiger partial charge in [-0.25, -0.2) is 0 Å². The van der Waals surface area contributed by atoms with Gasteiger partial charge in [-0.3, -0.25) is 14.6 Å². The van der Waals surface area contributed by atoms with Gasteiger partial charge in [0.1, 0.15) is 6.04 Å². The van der Waals surface area contributed by atoms with Crippen molar-refractivity contribution in [3.05, 3.63) is 96.4 Å². The Morgan fingerprint density at radius 3 is 2.55 bits per heavy atom. The molecule has 2 aromatic carbocycles. The summed E-state index contributed by atoms with van der Waals surface area (Å²) in [4.78, 5) is 32.8. The second-order valence-electron chi connectivity index (χ2n) is 6.69. The van der Waals surface area contributed by atoms with Crippen LogP contribution < -0.4 is 10.6 Å². The minimum atomic E-state index is -0.748. The van der Waals surface area contributed by atoms with Gasteiger partial charge in [0.25, 0.3) is 5.91 Å². The molecule has 4 rings (SSSR count). The molecule has 0 spiro atoms. The summed E-state index contributed by atoms with van der Waals surface area (Å²) in [5.41, 5.74) is 3.03. The number of nitrogens with zero attached hydrogens (tertiary/aromatic N) is 1. The van der Waals surface area contributed by atoms with Crippen LogP contribution in [0.4, 0.5) is 5.69 Å². The van der Waals surface area contributed by atoms with E-state index in [1.165, 1.54) is 6.20 Å². The van der Waals surface area contributed by atoms with Crippen LogP contribution in [0.25, 0.3) is 10.9 Å². The number of aromatic amines is 1. The van der Waals surface area contributed by atoms with Crippen molar-refractivity contribution >= 4 is 28.4 Å². The van der Waals surface area contributed by atoms with Gasteiger partial charge in [-0.1, -0.05) is 36.4 Å². The van der Waals surface area contributed by atoms with Gasteiger partial charge in [-0.05, 0) is 35.9 Å². The zero-order chi connectivity index (χ0) is 20.1. The number of carbonyl (C=O) groups excluding carboxylic acids is 2.